The summed E-state index contributed by atoms with van der Waals surface area (Å²) in [6.45, 7) is 7.40. The van der Waals surface area contributed by atoms with Gasteiger partial charge in [-0.25, -0.2) is 14.2 Å². The summed E-state index contributed by atoms with van der Waals surface area (Å²) >= 11 is 0. The second-order valence-electron chi connectivity index (χ2n) is 10.3. The quantitative estimate of drug-likeness (QED) is 0.513. The number of aliphatic hydroxyl groups is 1. The van der Waals surface area contributed by atoms with Gasteiger partial charge in [-0.1, -0.05) is 32.9 Å². The Hall–Kier alpha value is -3.13. The van der Waals surface area contributed by atoms with Crippen molar-refractivity contribution in [3.63, 3.8) is 0 Å². The largest absolute Gasteiger partial charge is 0.465 e. The average molecular weight is 469 g/mol. The molecule has 0 aliphatic carbocycles. The molecule has 2 heterocycles. The number of benzene rings is 2. The van der Waals surface area contributed by atoms with Crippen molar-refractivity contribution in [1.29, 1.82) is 0 Å². The lowest BCUT2D eigenvalue weighted by Crippen LogP contribution is -2.55. The van der Waals surface area contributed by atoms with Gasteiger partial charge in [0.25, 0.3) is 0 Å². The lowest BCUT2D eigenvalue weighted by molar-refractivity contribution is 0.0549. The number of carboxylic acid groups (broad SMARTS) is 1. The second-order valence-corrected chi connectivity index (χ2v) is 10.3. The first-order valence-corrected chi connectivity index (χ1v) is 11.7. The first kappa shape index (κ1) is 24.0. The zero-order chi connectivity index (χ0) is 24.5. The van der Waals surface area contributed by atoms with Crippen molar-refractivity contribution in [2.45, 2.75) is 52.2 Å². The second kappa shape index (κ2) is 9.62. The summed E-state index contributed by atoms with van der Waals surface area (Å²) in [5.74, 6) is -0.274. The monoisotopic (exact) mass is 468 g/mol. The Balaban J connectivity index is 1.63. The summed E-state index contributed by atoms with van der Waals surface area (Å²) in [6, 6.07) is 11.5. The molecule has 1 amide bonds. The van der Waals surface area contributed by atoms with E-state index in [-0.39, 0.29) is 23.9 Å². The number of halogens is 1. The fourth-order valence-corrected chi connectivity index (χ4v) is 5.07. The van der Waals surface area contributed by atoms with E-state index in [4.69, 9.17) is 0 Å². The molecule has 0 saturated heterocycles. The maximum atomic E-state index is 13.7. The highest BCUT2D eigenvalue weighted by Gasteiger charge is 2.35. The average Bonchev–Trinajstić information content (AvgIpc) is 3.35. The Kier molecular flexibility index (Phi) is 6.79. The van der Waals surface area contributed by atoms with E-state index in [9.17, 15) is 19.4 Å². The first-order chi connectivity index (χ1) is 16.2. The van der Waals surface area contributed by atoms with Crippen LogP contribution in [-0.2, 0) is 13.0 Å². The molecule has 3 aromatic rings. The van der Waals surface area contributed by atoms with Gasteiger partial charge in [0.05, 0.1) is 36.1 Å². The number of aliphatic hydroxyl groups excluding tert-OH is 1. The number of carbonyl (C=O) groups is 1. The van der Waals surface area contributed by atoms with Crippen LogP contribution in [0.5, 0.6) is 0 Å². The third-order valence-corrected chi connectivity index (χ3v) is 6.47. The predicted molar refractivity (Wildman–Crippen MR) is 131 cm³/mol. The molecule has 2 atom stereocenters. The van der Waals surface area contributed by atoms with E-state index in [1.165, 1.54) is 17.0 Å². The highest BCUT2D eigenvalue weighted by Crippen LogP contribution is 2.31. The minimum atomic E-state index is -1.06. The number of hydrogen-bond acceptors (Lipinski definition) is 4. The molecule has 0 fully saturated rings. The molecule has 0 radical (unpaired) electrons. The van der Waals surface area contributed by atoms with Crippen LogP contribution in [-0.4, -0.2) is 62.5 Å². The number of imidazole rings is 1. The lowest BCUT2D eigenvalue weighted by Gasteiger charge is -2.40. The van der Waals surface area contributed by atoms with Crippen LogP contribution in [0.3, 0.4) is 0 Å². The van der Waals surface area contributed by atoms with E-state index in [0.717, 1.165) is 22.3 Å². The number of para-hydroxylation sites is 2. The van der Waals surface area contributed by atoms with Gasteiger partial charge < -0.3 is 19.7 Å². The van der Waals surface area contributed by atoms with Crippen molar-refractivity contribution in [1.82, 2.24) is 14.5 Å². The van der Waals surface area contributed by atoms with Crippen LogP contribution in [0, 0.1) is 11.2 Å². The van der Waals surface area contributed by atoms with Crippen molar-refractivity contribution >= 4 is 22.8 Å². The summed E-state index contributed by atoms with van der Waals surface area (Å²) in [6.07, 6.45) is 2.00. The Morgan fingerprint density at radius 3 is 2.65 bits per heavy atom. The first-order valence-electron chi connectivity index (χ1n) is 11.7. The molecule has 0 spiro atoms. The molecule has 7 nitrogen and oxygen atoms in total. The Labute approximate surface area is 199 Å². The third-order valence-electron chi connectivity index (χ3n) is 6.47. The molecule has 1 aliphatic rings. The van der Waals surface area contributed by atoms with Crippen LogP contribution in [0.15, 0.2) is 48.8 Å². The van der Waals surface area contributed by atoms with E-state index in [0.29, 0.717) is 32.5 Å². The van der Waals surface area contributed by atoms with E-state index < -0.39 is 12.1 Å². The molecule has 1 aromatic heterocycles. The Morgan fingerprint density at radius 1 is 1.18 bits per heavy atom. The maximum Gasteiger partial charge on any atom is 0.408 e. The number of anilines is 1. The van der Waals surface area contributed by atoms with Gasteiger partial charge >= 0.3 is 6.09 Å². The zero-order valence-corrected chi connectivity index (χ0v) is 20.0. The highest BCUT2D eigenvalue weighted by atomic mass is 19.1. The summed E-state index contributed by atoms with van der Waals surface area (Å²) in [5.41, 5.74) is 3.49. The van der Waals surface area contributed by atoms with Gasteiger partial charge in [0.1, 0.15) is 5.82 Å². The van der Waals surface area contributed by atoms with Crippen LogP contribution >= 0.6 is 0 Å². The van der Waals surface area contributed by atoms with Crippen LogP contribution in [0.4, 0.5) is 14.9 Å². The van der Waals surface area contributed by atoms with Gasteiger partial charge in [0.2, 0.25) is 0 Å². The number of fused-ring (bicyclic) bond motifs is 2. The number of aromatic nitrogens is 2. The van der Waals surface area contributed by atoms with Gasteiger partial charge in [0, 0.05) is 25.3 Å². The maximum absolute atomic E-state index is 13.7. The number of rotatable bonds is 8. The fraction of sp³-hybridized carbons (Fsp3) is 0.462. The molecule has 0 unspecified atom stereocenters. The van der Waals surface area contributed by atoms with Gasteiger partial charge in [0.15, 0.2) is 0 Å². The predicted octanol–water partition coefficient (Wildman–Crippen LogP) is 4.38. The molecule has 34 heavy (non-hydrogen) atoms. The lowest BCUT2D eigenvalue weighted by atomic mass is 9.87. The summed E-state index contributed by atoms with van der Waals surface area (Å²) in [4.78, 5) is 20.5. The van der Waals surface area contributed by atoms with Gasteiger partial charge in [-0.15, -0.1) is 0 Å². The van der Waals surface area contributed by atoms with Gasteiger partial charge in [-0.2, -0.15) is 0 Å². The standard InChI is InChI=1S/C26H33FN4O3/c1-26(2,3)13-20(14-30-17-28-22-6-4-5-7-24(22)30)31(25(33)34)21(16-32)15-29-11-10-18-12-19(27)8-9-23(18)29/h4-9,12,17,20-21,32H,10-11,13-16H2,1-3H3,(H,33,34)/t20-,21+/m0/s1. The molecule has 1 aliphatic heterocycles. The molecule has 2 aromatic carbocycles. The summed E-state index contributed by atoms with van der Waals surface area (Å²) < 4.78 is 15.6. The van der Waals surface area contributed by atoms with Crippen molar-refractivity contribution in [3.05, 3.63) is 60.2 Å². The Bertz CT molecular complexity index is 1160. The normalized spacial score (nSPS) is 15.4. The molecular weight excluding hydrogens is 435 g/mol. The van der Waals surface area contributed by atoms with Crippen molar-refractivity contribution < 1.29 is 19.4 Å². The Morgan fingerprint density at radius 2 is 1.94 bits per heavy atom. The van der Waals surface area contributed by atoms with E-state index in [1.807, 2.05) is 33.7 Å². The van der Waals surface area contributed by atoms with Crippen molar-refractivity contribution in [2.75, 3.05) is 24.6 Å². The molecule has 0 saturated carbocycles. The summed E-state index contributed by atoms with van der Waals surface area (Å²) in [5, 5.41) is 20.6. The third kappa shape index (κ3) is 5.17. The van der Waals surface area contributed by atoms with Gasteiger partial charge in [-0.05, 0) is 54.2 Å². The number of hydrogen-bond donors (Lipinski definition) is 2. The molecule has 0 bridgehead atoms. The van der Waals surface area contributed by atoms with Crippen LogP contribution < -0.4 is 4.90 Å². The van der Waals surface area contributed by atoms with Crippen LogP contribution in [0.25, 0.3) is 11.0 Å². The topological polar surface area (TPSA) is 81.8 Å². The molecule has 2 N–H and O–H groups in total. The highest BCUT2D eigenvalue weighted by molar-refractivity contribution is 5.75. The van der Waals surface area contributed by atoms with Gasteiger partial charge in [-0.3, -0.25) is 4.90 Å². The number of nitrogens with zero attached hydrogens (tertiary/aromatic N) is 4. The van der Waals surface area contributed by atoms with Crippen molar-refractivity contribution in [3.8, 4) is 0 Å². The molecule has 182 valence electrons. The van der Waals surface area contributed by atoms with E-state index in [1.54, 1.807) is 12.4 Å². The number of amides is 1. The zero-order valence-electron chi connectivity index (χ0n) is 20.0. The fourth-order valence-electron chi connectivity index (χ4n) is 5.07. The molecule has 8 heteroatoms. The van der Waals surface area contributed by atoms with Crippen LogP contribution in [0.1, 0.15) is 32.8 Å². The smallest absolute Gasteiger partial charge is 0.408 e. The van der Waals surface area contributed by atoms with Crippen LogP contribution in [0.2, 0.25) is 0 Å². The minimum absolute atomic E-state index is 0.132. The minimum Gasteiger partial charge on any atom is -0.465 e. The molecular formula is C26H33FN4O3. The van der Waals surface area contributed by atoms with E-state index >= 15 is 0 Å². The van der Waals surface area contributed by atoms with Crippen molar-refractivity contribution in [2.24, 2.45) is 5.41 Å². The molecule has 4 rings (SSSR count). The van der Waals surface area contributed by atoms with E-state index in [2.05, 4.69) is 25.8 Å². The summed E-state index contributed by atoms with van der Waals surface area (Å²) in [7, 11) is 0. The SMILES string of the molecule is CC(C)(C)C[C@@H](Cn1cnc2ccccc21)N(C(=O)O)[C@@H](CO)CN1CCc2cc(F)ccc21.